The maximum Gasteiger partial charge on any atom is 0.411 e. The van der Waals surface area contributed by atoms with Crippen LogP contribution in [-0.2, 0) is 11.3 Å². The zero-order valence-electron chi connectivity index (χ0n) is 10.5. The summed E-state index contributed by atoms with van der Waals surface area (Å²) in [5, 5.41) is 0. The van der Waals surface area contributed by atoms with Gasteiger partial charge in [-0.3, -0.25) is 0 Å². The van der Waals surface area contributed by atoms with Crippen molar-refractivity contribution in [2.45, 2.75) is 12.7 Å². The number of nitrogens with two attached hydrogens (primary N) is 1. The van der Waals surface area contributed by atoms with Crippen molar-refractivity contribution >= 4 is 0 Å². The molecule has 7 heteroatoms. The number of halogens is 3. The Labute approximate surface area is 109 Å². The maximum atomic E-state index is 11.8. The fraction of sp³-hybridized carbons (Fsp3) is 0.500. The Morgan fingerprint density at radius 2 is 1.79 bits per heavy atom. The predicted molar refractivity (Wildman–Crippen MR) is 63.3 cm³/mol. The van der Waals surface area contributed by atoms with Gasteiger partial charge in [0.15, 0.2) is 0 Å². The number of methoxy groups -OCH3 is 1. The molecular formula is C12H16F3NO3. The number of alkyl halides is 3. The van der Waals surface area contributed by atoms with E-state index in [4.69, 9.17) is 15.2 Å². The summed E-state index contributed by atoms with van der Waals surface area (Å²) in [6, 6.07) is 5.09. The van der Waals surface area contributed by atoms with Crippen LogP contribution >= 0.6 is 0 Å². The first-order valence-electron chi connectivity index (χ1n) is 5.60. The van der Waals surface area contributed by atoms with Crippen molar-refractivity contribution in [1.29, 1.82) is 0 Å². The van der Waals surface area contributed by atoms with Crippen LogP contribution in [0.4, 0.5) is 13.2 Å². The lowest BCUT2D eigenvalue weighted by Crippen LogP contribution is -2.19. The summed E-state index contributed by atoms with van der Waals surface area (Å²) in [5.41, 5.74) is 6.32. The molecule has 1 aromatic carbocycles. The van der Waals surface area contributed by atoms with Crippen LogP contribution in [0, 0.1) is 0 Å². The van der Waals surface area contributed by atoms with Crippen LogP contribution in [0.3, 0.4) is 0 Å². The lowest BCUT2D eigenvalue weighted by molar-refractivity contribution is -0.175. The molecule has 2 N–H and O–H groups in total. The Bertz CT molecular complexity index is 374. The van der Waals surface area contributed by atoms with Crippen LogP contribution in [-0.4, -0.2) is 33.1 Å². The highest BCUT2D eigenvalue weighted by molar-refractivity contribution is 5.38. The van der Waals surface area contributed by atoms with Gasteiger partial charge in [0, 0.05) is 12.6 Å². The third kappa shape index (κ3) is 6.30. The maximum absolute atomic E-state index is 11.8. The Morgan fingerprint density at radius 1 is 1.11 bits per heavy atom. The van der Waals surface area contributed by atoms with Crippen LogP contribution in [0.25, 0.3) is 0 Å². The summed E-state index contributed by atoms with van der Waals surface area (Å²) in [4.78, 5) is 0. The van der Waals surface area contributed by atoms with Crippen LogP contribution < -0.4 is 15.2 Å². The standard InChI is InChI=1S/C12H16F3NO3/c1-17-10-4-9(7-16)5-11(6-10)19-3-2-18-8-12(13,14)15/h4-6H,2-3,7-8,16H2,1H3. The highest BCUT2D eigenvalue weighted by Gasteiger charge is 2.27. The van der Waals surface area contributed by atoms with Crippen molar-refractivity contribution in [2.75, 3.05) is 26.9 Å². The smallest absolute Gasteiger partial charge is 0.411 e. The van der Waals surface area contributed by atoms with Crippen LogP contribution in [0.5, 0.6) is 11.5 Å². The van der Waals surface area contributed by atoms with E-state index < -0.39 is 12.8 Å². The van der Waals surface area contributed by atoms with E-state index in [1.54, 1.807) is 18.2 Å². The highest BCUT2D eigenvalue weighted by atomic mass is 19.4. The van der Waals surface area contributed by atoms with Gasteiger partial charge in [0.2, 0.25) is 0 Å². The third-order valence-corrected chi connectivity index (χ3v) is 2.17. The fourth-order valence-electron chi connectivity index (χ4n) is 1.36. The summed E-state index contributed by atoms with van der Waals surface area (Å²) in [6.45, 7) is -1.08. The summed E-state index contributed by atoms with van der Waals surface area (Å²) in [5.74, 6) is 1.06. The Morgan fingerprint density at radius 3 is 2.37 bits per heavy atom. The summed E-state index contributed by atoms with van der Waals surface area (Å²) in [6.07, 6.45) is -4.32. The number of ether oxygens (including phenoxy) is 3. The number of rotatable bonds is 7. The average Bonchev–Trinajstić information content (AvgIpc) is 2.36. The molecule has 0 heterocycles. The number of benzene rings is 1. The largest absolute Gasteiger partial charge is 0.497 e. The minimum absolute atomic E-state index is 0.0211. The molecule has 0 spiro atoms. The molecule has 1 rings (SSSR count). The molecule has 0 aromatic heterocycles. The quantitative estimate of drug-likeness (QED) is 0.777. The van der Waals surface area contributed by atoms with Crippen LogP contribution in [0.15, 0.2) is 18.2 Å². The molecule has 108 valence electrons. The summed E-state index contributed by atoms with van der Waals surface area (Å²) >= 11 is 0. The van der Waals surface area contributed by atoms with E-state index >= 15 is 0 Å². The lowest BCUT2D eigenvalue weighted by atomic mass is 10.2. The fourth-order valence-corrected chi connectivity index (χ4v) is 1.36. The summed E-state index contributed by atoms with van der Waals surface area (Å²) < 4.78 is 50.2. The predicted octanol–water partition coefficient (Wildman–Crippen LogP) is 2.11. The van der Waals surface area contributed by atoms with E-state index in [1.165, 1.54) is 7.11 Å². The first kappa shape index (κ1) is 15.6. The van der Waals surface area contributed by atoms with Crippen molar-refractivity contribution in [3.8, 4) is 11.5 Å². The van der Waals surface area contributed by atoms with Gasteiger partial charge in [-0.25, -0.2) is 0 Å². The molecule has 0 aliphatic heterocycles. The number of hydrogen-bond acceptors (Lipinski definition) is 4. The van der Waals surface area contributed by atoms with Crippen LogP contribution in [0.2, 0.25) is 0 Å². The molecule has 0 radical (unpaired) electrons. The minimum Gasteiger partial charge on any atom is -0.497 e. The van der Waals surface area contributed by atoms with E-state index in [2.05, 4.69) is 4.74 Å². The van der Waals surface area contributed by atoms with Crippen molar-refractivity contribution < 1.29 is 27.4 Å². The van der Waals surface area contributed by atoms with E-state index in [1.807, 2.05) is 0 Å². The minimum atomic E-state index is -4.32. The van der Waals surface area contributed by atoms with E-state index in [0.717, 1.165) is 5.56 Å². The Balaban J connectivity index is 2.40. The van der Waals surface area contributed by atoms with Crippen molar-refractivity contribution in [1.82, 2.24) is 0 Å². The van der Waals surface area contributed by atoms with Gasteiger partial charge in [-0.2, -0.15) is 13.2 Å². The number of hydrogen-bond donors (Lipinski definition) is 1. The second kappa shape index (κ2) is 7.20. The molecule has 0 amide bonds. The Kier molecular flexibility index (Phi) is 5.91. The van der Waals surface area contributed by atoms with Crippen molar-refractivity contribution in [2.24, 2.45) is 5.73 Å². The molecule has 0 atom stereocenters. The Hall–Kier alpha value is -1.47. The molecule has 0 unspecified atom stereocenters. The third-order valence-electron chi connectivity index (χ3n) is 2.17. The molecular weight excluding hydrogens is 263 g/mol. The first-order valence-corrected chi connectivity index (χ1v) is 5.60. The van der Waals surface area contributed by atoms with Gasteiger partial charge < -0.3 is 19.9 Å². The molecule has 0 saturated heterocycles. The van der Waals surface area contributed by atoms with E-state index in [0.29, 0.717) is 18.0 Å². The van der Waals surface area contributed by atoms with Gasteiger partial charge in [-0.1, -0.05) is 0 Å². The molecule has 0 aliphatic carbocycles. The van der Waals surface area contributed by atoms with Gasteiger partial charge in [0.25, 0.3) is 0 Å². The molecule has 4 nitrogen and oxygen atoms in total. The van der Waals surface area contributed by atoms with Crippen LogP contribution in [0.1, 0.15) is 5.56 Å². The summed E-state index contributed by atoms with van der Waals surface area (Å²) in [7, 11) is 1.51. The van der Waals surface area contributed by atoms with Gasteiger partial charge >= 0.3 is 6.18 Å². The topological polar surface area (TPSA) is 53.7 Å². The van der Waals surface area contributed by atoms with Gasteiger partial charge in [-0.15, -0.1) is 0 Å². The molecule has 0 fully saturated rings. The molecule has 1 aromatic rings. The van der Waals surface area contributed by atoms with Crippen molar-refractivity contribution in [3.05, 3.63) is 23.8 Å². The SMILES string of the molecule is COc1cc(CN)cc(OCCOCC(F)(F)F)c1. The zero-order valence-corrected chi connectivity index (χ0v) is 10.5. The average molecular weight is 279 g/mol. The van der Waals surface area contributed by atoms with Crippen molar-refractivity contribution in [3.63, 3.8) is 0 Å². The van der Waals surface area contributed by atoms with E-state index in [-0.39, 0.29) is 13.2 Å². The second-order valence-electron chi connectivity index (χ2n) is 3.74. The zero-order chi connectivity index (χ0) is 14.3. The van der Waals surface area contributed by atoms with Gasteiger partial charge in [0.05, 0.1) is 13.7 Å². The van der Waals surface area contributed by atoms with E-state index in [9.17, 15) is 13.2 Å². The molecule has 0 aliphatic rings. The first-order chi connectivity index (χ1) is 8.94. The molecule has 0 bridgehead atoms. The molecule has 19 heavy (non-hydrogen) atoms. The van der Waals surface area contributed by atoms with Gasteiger partial charge in [-0.05, 0) is 17.7 Å². The lowest BCUT2D eigenvalue weighted by Gasteiger charge is -2.11. The second-order valence-corrected chi connectivity index (χ2v) is 3.74. The molecule has 0 saturated carbocycles. The highest BCUT2D eigenvalue weighted by Crippen LogP contribution is 2.22. The van der Waals surface area contributed by atoms with Gasteiger partial charge in [0.1, 0.15) is 24.7 Å². The monoisotopic (exact) mass is 279 g/mol. The normalized spacial score (nSPS) is 11.4.